The van der Waals surface area contributed by atoms with Crippen molar-refractivity contribution in [2.24, 2.45) is 5.41 Å². The number of benzene rings is 1. The van der Waals surface area contributed by atoms with Crippen LogP contribution < -0.4 is 5.32 Å². The van der Waals surface area contributed by atoms with Crippen LogP contribution in [-0.4, -0.2) is 19.6 Å². The van der Waals surface area contributed by atoms with Gasteiger partial charge >= 0.3 is 5.97 Å². The first-order chi connectivity index (χ1) is 7.45. The smallest absolute Gasteiger partial charge is 0.313 e. The molecule has 0 aliphatic rings. The number of rotatable bonds is 4. The number of esters is 1. The average molecular weight is 242 g/mol. The second-order valence-electron chi connectivity index (χ2n) is 4.24. The van der Waals surface area contributed by atoms with Gasteiger partial charge in [-0.1, -0.05) is 11.6 Å². The molecule has 0 saturated heterocycles. The summed E-state index contributed by atoms with van der Waals surface area (Å²) in [4.78, 5) is 11.4. The van der Waals surface area contributed by atoms with Crippen molar-refractivity contribution in [2.75, 3.05) is 19.0 Å². The third-order valence-corrected chi connectivity index (χ3v) is 2.57. The van der Waals surface area contributed by atoms with Crippen LogP contribution in [0.5, 0.6) is 0 Å². The van der Waals surface area contributed by atoms with E-state index in [-0.39, 0.29) is 5.97 Å². The molecule has 0 spiro atoms. The zero-order valence-electron chi connectivity index (χ0n) is 9.71. The number of hydrogen-bond acceptors (Lipinski definition) is 3. The summed E-state index contributed by atoms with van der Waals surface area (Å²) in [6, 6.07) is 7.34. The summed E-state index contributed by atoms with van der Waals surface area (Å²) in [6.45, 7) is 4.19. The Hall–Kier alpha value is -1.22. The van der Waals surface area contributed by atoms with Crippen LogP contribution in [0.1, 0.15) is 13.8 Å². The fourth-order valence-corrected chi connectivity index (χ4v) is 1.37. The quantitative estimate of drug-likeness (QED) is 0.824. The van der Waals surface area contributed by atoms with Crippen LogP contribution in [0.2, 0.25) is 5.02 Å². The van der Waals surface area contributed by atoms with Crippen molar-refractivity contribution in [3.05, 3.63) is 29.3 Å². The second kappa shape index (κ2) is 5.21. The fourth-order valence-electron chi connectivity index (χ4n) is 1.24. The highest BCUT2D eigenvalue weighted by atomic mass is 35.5. The molecule has 0 amide bonds. The number of ether oxygens (including phenoxy) is 1. The third-order valence-electron chi connectivity index (χ3n) is 2.32. The average Bonchev–Trinajstić information content (AvgIpc) is 2.27. The molecular weight excluding hydrogens is 226 g/mol. The van der Waals surface area contributed by atoms with Gasteiger partial charge in [0.05, 0.1) is 12.5 Å². The van der Waals surface area contributed by atoms with Crippen LogP contribution in [0.3, 0.4) is 0 Å². The van der Waals surface area contributed by atoms with E-state index in [1.165, 1.54) is 7.11 Å². The molecule has 0 aliphatic heterocycles. The van der Waals surface area contributed by atoms with Crippen molar-refractivity contribution in [3.8, 4) is 0 Å². The van der Waals surface area contributed by atoms with Crippen molar-refractivity contribution in [1.82, 2.24) is 0 Å². The number of anilines is 1. The molecule has 0 bridgehead atoms. The molecule has 0 heterocycles. The Morgan fingerprint density at radius 1 is 1.38 bits per heavy atom. The molecule has 1 rings (SSSR count). The summed E-state index contributed by atoms with van der Waals surface area (Å²) in [5.41, 5.74) is 0.385. The van der Waals surface area contributed by atoms with Gasteiger partial charge in [0.1, 0.15) is 0 Å². The van der Waals surface area contributed by atoms with E-state index in [1.807, 2.05) is 26.0 Å². The number of nitrogens with one attached hydrogen (secondary N) is 1. The van der Waals surface area contributed by atoms with E-state index >= 15 is 0 Å². The number of halogens is 1. The van der Waals surface area contributed by atoms with E-state index in [4.69, 9.17) is 16.3 Å². The van der Waals surface area contributed by atoms with Crippen LogP contribution >= 0.6 is 11.6 Å². The maximum atomic E-state index is 11.4. The molecule has 16 heavy (non-hydrogen) atoms. The Morgan fingerprint density at radius 3 is 2.44 bits per heavy atom. The largest absolute Gasteiger partial charge is 0.469 e. The first-order valence-electron chi connectivity index (χ1n) is 5.03. The van der Waals surface area contributed by atoms with Crippen LogP contribution in [-0.2, 0) is 9.53 Å². The molecule has 88 valence electrons. The summed E-state index contributed by atoms with van der Waals surface area (Å²) in [5.74, 6) is -0.228. The van der Waals surface area contributed by atoms with E-state index < -0.39 is 5.41 Å². The number of methoxy groups -OCH3 is 1. The number of carbonyl (C=O) groups excluding carboxylic acids is 1. The lowest BCUT2D eigenvalue weighted by atomic mass is 9.93. The summed E-state index contributed by atoms with van der Waals surface area (Å²) in [5, 5.41) is 3.86. The topological polar surface area (TPSA) is 38.3 Å². The van der Waals surface area contributed by atoms with E-state index in [1.54, 1.807) is 12.1 Å². The SMILES string of the molecule is COC(=O)C(C)(C)CNc1ccc(Cl)cc1. The molecule has 0 atom stereocenters. The van der Waals surface area contributed by atoms with Crippen molar-refractivity contribution in [3.63, 3.8) is 0 Å². The lowest BCUT2D eigenvalue weighted by Crippen LogP contribution is -2.33. The zero-order chi connectivity index (χ0) is 12.2. The van der Waals surface area contributed by atoms with Gasteiger partial charge in [-0.3, -0.25) is 4.79 Å². The van der Waals surface area contributed by atoms with E-state index in [9.17, 15) is 4.79 Å². The van der Waals surface area contributed by atoms with E-state index in [2.05, 4.69) is 5.32 Å². The molecule has 0 radical (unpaired) electrons. The predicted molar refractivity (Wildman–Crippen MR) is 65.7 cm³/mol. The van der Waals surface area contributed by atoms with E-state index in [0.29, 0.717) is 11.6 Å². The number of hydrogen-bond donors (Lipinski definition) is 1. The standard InChI is InChI=1S/C12H16ClNO2/c1-12(2,11(15)16-3)8-14-10-6-4-9(13)5-7-10/h4-7,14H,8H2,1-3H3. The first-order valence-corrected chi connectivity index (χ1v) is 5.41. The fraction of sp³-hybridized carbons (Fsp3) is 0.417. The molecule has 1 aromatic rings. The van der Waals surface area contributed by atoms with Crippen LogP contribution in [0.15, 0.2) is 24.3 Å². The molecule has 0 saturated carbocycles. The van der Waals surface area contributed by atoms with Crippen molar-refractivity contribution in [1.29, 1.82) is 0 Å². The molecule has 1 aromatic carbocycles. The highest BCUT2D eigenvalue weighted by Gasteiger charge is 2.28. The van der Waals surface area contributed by atoms with Gasteiger partial charge in [0.25, 0.3) is 0 Å². The Kier molecular flexibility index (Phi) is 4.19. The van der Waals surface area contributed by atoms with Gasteiger partial charge in [-0.25, -0.2) is 0 Å². The van der Waals surface area contributed by atoms with Crippen molar-refractivity contribution >= 4 is 23.3 Å². The first kappa shape index (κ1) is 12.8. The Balaban J connectivity index is 2.57. The lowest BCUT2D eigenvalue weighted by Gasteiger charge is -2.22. The third kappa shape index (κ3) is 3.42. The zero-order valence-corrected chi connectivity index (χ0v) is 10.5. The van der Waals surface area contributed by atoms with Gasteiger partial charge in [-0.2, -0.15) is 0 Å². The maximum absolute atomic E-state index is 11.4. The predicted octanol–water partition coefficient (Wildman–Crippen LogP) is 2.95. The molecule has 4 heteroatoms. The maximum Gasteiger partial charge on any atom is 0.313 e. The summed E-state index contributed by atoms with van der Waals surface area (Å²) in [7, 11) is 1.40. The monoisotopic (exact) mass is 241 g/mol. The molecule has 0 aromatic heterocycles. The molecule has 0 aliphatic carbocycles. The Bertz CT molecular complexity index is 360. The second-order valence-corrected chi connectivity index (χ2v) is 4.67. The van der Waals surface area contributed by atoms with Gasteiger partial charge in [0.15, 0.2) is 0 Å². The normalized spacial score (nSPS) is 11.0. The van der Waals surface area contributed by atoms with Crippen molar-refractivity contribution < 1.29 is 9.53 Å². The van der Waals surface area contributed by atoms with Crippen LogP contribution in [0, 0.1) is 5.41 Å². The molecule has 3 nitrogen and oxygen atoms in total. The Morgan fingerprint density at radius 2 is 1.94 bits per heavy atom. The van der Waals surface area contributed by atoms with Gasteiger partial charge in [-0.15, -0.1) is 0 Å². The number of carbonyl (C=O) groups is 1. The van der Waals surface area contributed by atoms with Gasteiger partial charge in [0.2, 0.25) is 0 Å². The summed E-state index contributed by atoms with van der Waals surface area (Å²) < 4.78 is 4.72. The van der Waals surface area contributed by atoms with E-state index in [0.717, 1.165) is 5.69 Å². The van der Waals surface area contributed by atoms with Crippen LogP contribution in [0.4, 0.5) is 5.69 Å². The minimum atomic E-state index is -0.547. The minimum Gasteiger partial charge on any atom is -0.469 e. The minimum absolute atomic E-state index is 0.228. The lowest BCUT2D eigenvalue weighted by molar-refractivity contribution is -0.149. The summed E-state index contributed by atoms with van der Waals surface area (Å²) in [6.07, 6.45) is 0. The molecule has 0 fully saturated rings. The van der Waals surface area contributed by atoms with Crippen LogP contribution in [0.25, 0.3) is 0 Å². The Labute approximate surface area is 101 Å². The highest BCUT2D eigenvalue weighted by molar-refractivity contribution is 6.30. The molecule has 0 unspecified atom stereocenters. The van der Waals surface area contributed by atoms with Crippen molar-refractivity contribution in [2.45, 2.75) is 13.8 Å². The van der Waals surface area contributed by atoms with Gasteiger partial charge in [-0.05, 0) is 38.1 Å². The molecular formula is C12H16ClNO2. The molecule has 1 N–H and O–H groups in total. The highest BCUT2D eigenvalue weighted by Crippen LogP contribution is 2.19. The summed E-state index contributed by atoms with van der Waals surface area (Å²) >= 11 is 5.77. The van der Waals surface area contributed by atoms with Gasteiger partial charge < -0.3 is 10.1 Å². The van der Waals surface area contributed by atoms with Gasteiger partial charge in [0, 0.05) is 17.3 Å².